The molecule has 0 saturated carbocycles. The number of aromatic amines is 1. The number of carboxylic acids is 1. The molecular weight excluding hydrogens is 422 g/mol. The van der Waals surface area contributed by atoms with Gasteiger partial charge in [0.2, 0.25) is 0 Å². The summed E-state index contributed by atoms with van der Waals surface area (Å²) in [7, 11) is 0. The molecule has 1 heterocycles. The van der Waals surface area contributed by atoms with E-state index in [1.165, 1.54) is 6.07 Å². The first-order valence-corrected chi connectivity index (χ1v) is 10.8. The van der Waals surface area contributed by atoms with E-state index in [-0.39, 0.29) is 30.0 Å². The predicted molar refractivity (Wildman–Crippen MR) is 123 cm³/mol. The zero-order chi connectivity index (χ0) is 23.8. The lowest BCUT2D eigenvalue weighted by Crippen LogP contribution is -2.39. The number of hydrogen-bond donors (Lipinski definition) is 3. The highest BCUT2D eigenvalue weighted by atomic mass is 16.5. The molecule has 2 aromatic carbocycles. The van der Waals surface area contributed by atoms with Gasteiger partial charge in [0, 0.05) is 12.1 Å². The molecule has 8 nitrogen and oxygen atoms in total. The highest BCUT2D eigenvalue weighted by Gasteiger charge is 2.23. The van der Waals surface area contributed by atoms with Crippen molar-refractivity contribution in [3.05, 3.63) is 77.6 Å². The maximum absolute atomic E-state index is 12.7. The molecule has 0 saturated heterocycles. The molecule has 1 amide bonds. The third kappa shape index (κ3) is 6.52. The molecule has 0 aliphatic carbocycles. The van der Waals surface area contributed by atoms with Gasteiger partial charge >= 0.3 is 11.9 Å². The fraction of sp³-hybridized carbons (Fsp3) is 0.280. The molecule has 172 valence electrons. The van der Waals surface area contributed by atoms with Gasteiger partial charge in [-0.3, -0.25) is 14.7 Å². The summed E-state index contributed by atoms with van der Waals surface area (Å²) in [5, 5.41) is 18.0. The quantitative estimate of drug-likeness (QED) is 0.406. The Balaban J connectivity index is 1.75. The lowest BCUT2D eigenvalue weighted by atomic mass is 9.94. The first kappa shape index (κ1) is 23.7. The number of esters is 1. The minimum absolute atomic E-state index is 0.0422. The molecule has 1 aromatic heterocycles. The number of aromatic nitrogens is 2. The topological polar surface area (TPSA) is 121 Å². The van der Waals surface area contributed by atoms with Crippen molar-refractivity contribution in [2.45, 2.75) is 32.7 Å². The first-order valence-electron chi connectivity index (χ1n) is 10.8. The smallest absolute Gasteiger partial charge is 0.356 e. The zero-order valence-electron chi connectivity index (χ0n) is 18.6. The van der Waals surface area contributed by atoms with Crippen LogP contribution in [0.4, 0.5) is 0 Å². The van der Waals surface area contributed by atoms with Gasteiger partial charge in [-0.2, -0.15) is 5.10 Å². The van der Waals surface area contributed by atoms with Gasteiger partial charge in [0.15, 0.2) is 5.69 Å². The normalized spacial score (nSPS) is 12.5. The maximum Gasteiger partial charge on any atom is 0.356 e. The largest absolute Gasteiger partial charge is 0.476 e. The van der Waals surface area contributed by atoms with Crippen LogP contribution < -0.4 is 5.32 Å². The Labute approximate surface area is 192 Å². The average Bonchev–Trinajstić information content (AvgIpc) is 3.31. The SMILES string of the molecule is CCOC(=O)[C@H](C)C[C@@H](Cc1ccc(-c2ccccc2)cc1)NC(=O)c1cc(C(=O)O)n[nH]1. The number of carboxylic acid groups (broad SMARTS) is 1. The number of hydrogen-bond acceptors (Lipinski definition) is 5. The van der Waals surface area contributed by atoms with Crippen LogP contribution in [-0.4, -0.2) is 45.8 Å². The maximum atomic E-state index is 12.7. The van der Waals surface area contributed by atoms with Gasteiger partial charge in [-0.15, -0.1) is 0 Å². The standard InChI is InChI=1S/C25H27N3O5/c1-3-33-25(32)16(2)13-20(26-23(29)21-15-22(24(30)31)28-27-21)14-17-9-11-19(12-10-17)18-7-5-4-6-8-18/h4-12,15-16,20H,3,13-14H2,1-2H3,(H,26,29)(H,27,28)(H,30,31)/t16-,20+/m1/s1. The van der Waals surface area contributed by atoms with Crippen molar-refractivity contribution in [1.29, 1.82) is 0 Å². The van der Waals surface area contributed by atoms with E-state index in [1.807, 2.05) is 54.6 Å². The summed E-state index contributed by atoms with van der Waals surface area (Å²) < 4.78 is 5.11. The fourth-order valence-electron chi connectivity index (χ4n) is 3.56. The van der Waals surface area contributed by atoms with Crippen LogP contribution in [0.1, 0.15) is 46.8 Å². The second kappa shape index (κ2) is 11.1. The van der Waals surface area contributed by atoms with Crippen LogP contribution in [0.3, 0.4) is 0 Å². The molecule has 3 aromatic rings. The third-order valence-electron chi connectivity index (χ3n) is 5.25. The Morgan fingerprint density at radius 3 is 2.33 bits per heavy atom. The van der Waals surface area contributed by atoms with Gasteiger partial charge < -0.3 is 15.2 Å². The molecule has 0 aliphatic heterocycles. The van der Waals surface area contributed by atoms with Crippen molar-refractivity contribution in [3.63, 3.8) is 0 Å². The van der Waals surface area contributed by atoms with E-state index in [1.54, 1.807) is 13.8 Å². The number of rotatable bonds is 10. The molecule has 2 atom stereocenters. The number of ether oxygens (including phenoxy) is 1. The van der Waals surface area contributed by atoms with Crippen molar-refractivity contribution >= 4 is 17.8 Å². The fourth-order valence-corrected chi connectivity index (χ4v) is 3.56. The summed E-state index contributed by atoms with van der Waals surface area (Å²) in [6, 6.07) is 18.8. The molecule has 8 heteroatoms. The van der Waals surface area contributed by atoms with Gasteiger partial charge in [-0.1, -0.05) is 61.5 Å². The zero-order valence-corrected chi connectivity index (χ0v) is 18.6. The minimum Gasteiger partial charge on any atom is -0.476 e. The molecule has 0 radical (unpaired) electrons. The number of nitrogens with one attached hydrogen (secondary N) is 2. The molecule has 0 spiro atoms. The Morgan fingerprint density at radius 1 is 1.06 bits per heavy atom. The number of benzene rings is 2. The predicted octanol–water partition coefficient (Wildman–Crippen LogP) is 3.71. The minimum atomic E-state index is -1.23. The summed E-state index contributed by atoms with van der Waals surface area (Å²) in [5.74, 6) is -2.46. The lowest BCUT2D eigenvalue weighted by Gasteiger charge is -2.21. The second-order valence-corrected chi connectivity index (χ2v) is 7.80. The van der Waals surface area contributed by atoms with E-state index in [4.69, 9.17) is 9.84 Å². The van der Waals surface area contributed by atoms with Gasteiger partial charge in [-0.05, 0) is 36.5 Å². The van der Waals surface area contributed by atoms with Crippen LogP contribution in [-0.2, 0) is 16.0 Å². The van der Waals surface area contributed by atoms with Gasteiger partial charge in [0.25, 0.3) is 5.91 Å². The van der Waals surface area contributed by atoms with E-state index in [0.717, 1.165) is 16.7 Å². The number of carbonyl (C=O) groups excluding carboxylic acids is 2. The van der Waals surface area contributed by atoms with Crippen molar-refractivity contribution in [3.8, 4) is 11.1 Å². The van der Waals surface area contributed by atoms with Gasteiger partial charge in [0.05, 0.1) is 12.5 Å². The Morgan fingerprint density at radius 2 is 1.73 bits per heavy atom. The number of H-pyrrole nitrogens is 1. The van der Waals surface area contributed by atoms with Crippen molar-refractivity contribution in [1.82, 2.24) is 15.5 Å². The van der Waals surface area contributed by atoms with Crippen LogP contribution in [0.5, 0.6) is 0 Å². The molecule has 0 aliphatic rings. The summed E-state index contributed by atoms with van der Waals surface area (Å²) in [4.78, 5) is 35.9. The summed E-state index contributed by atoms with van der Waals surface area (Å²) in [6.45, 7) is 3.79. The Bertz CT molecular complexity index is 1090. The molecule has 3 rings (SSSR count). The third-order valence-corrected chi connectivity index (χ3v) is 5.25. The molecule has 0 fully saturated rings. The second-order valence-electron chi connectivity index (χ2n) is 7.80. The summed E-state index contributed by atoms with van der Waals surface area (Å²) in [6.07, 6.45) is 0.857. The molecule has 0 unspecified atom stereocenters. The van der Waals surface area contributed by atoms with E-state index >= 15 is 0 Å². The van der Waals surface area contributed by atoms with Crippen molar-refractivity contribution in [2.75, 3.05) is 6.61 Å². The van der Waals surface area contributed by atoms with E-state index in [9.17, 15) is 14.4 Å². The average molecular weight is 450 g/mol. The van der Waals surface area contributed by atoms with Gasteiger partial charge in [0.1, 0.15) is 5.69 Å². The molecule has 3 N–H and O–H groups in total. The van der Waals surface area contributed by atoms with E-state index in [2.05, 4.69) is 15.5 Å². The van der Waals surface area contributed by atoms with Crippen LogP contribution in [0.2, 0.25) is 0 Å². The van der Waals surface area contributed by atoms with Crippen LogP contribution in [0.15, 0.2) is 60.7 Å². The van der Waals surface area contributed by atoms with Crippen LogP contribution >= 0.6 is 0 Å². The number of aromatic carboxylic acids is 1. The van der Waals surface area contributed by atoms with E-state index < -0.39 is 17.8 Å². The highest BCUT2D eigenvalue weighted by Crippen LogP contribution is 2.21. The van der Waals surface area contributed by atoms with Crippen molar-refractivity contribution in [2.24, 2.45) is 5.92 Å². The Hall–Kier alpha value is -3.94. The molecular formula is C25H27N3O5. The van der Waals surface area contributed by atoms with E-state index in [0.29, 0.717) is 12.8 Å². The summed E-state index contributed by atoms with van der Waals surface area (Å²) >= 11 is 0. The number of nitrogens with zero attached hydrogens (tertiary/aromatic N) is 1. The monoisotopic (exact) mass is 449 g/mol. The van der Waals surface area contributed by atoms with Crippen LogP contribution in [0, 0.1) is 5.92 Å². The molecule has 33 heavy (non-hydrogen) atoms. The lowest BCUT2D eigenvalue weighted by molar-refractivity contribution is -0.147. The van der Waals surface area contributed by atoms with Crippen LogP contribution in [0.25, 0.3) is 11.1 Å². The number of carbonyl (C=O) groups is 3. The highest BCUT2D eigenvalue weighted by molar-refractivity contribution is 5.95. The van der Waals surface area contributed by atoms with Crippen molar-refractivity contribution < 1.29 is 24.2 Å². The summed E-state index contributed by atoms with van der Waals surface area (Å²) in [5.41, 5.74) is 2.98. The first-order chi connectivity index (χ1) is 15.9. The van der Waals surface area contributed by atoms with Gasteiger partial charge in [-0.25, -0.2) is 4.79 Å². The molecule has 0 bridgehead atoms. The Kier molecular flexibility index (Phi) is 7.96. The number of amides is 1.